The van der Waals surface area contributed by atoms with E-state index < -0.39 is 0 Å². The predicted octanol–water partition coefficient (Wildman–Crippen LogP) is 1.43. The van der Waals surface area contributed by atoms with Crippen molar-refractivity contribution < 1.29 is 4.74 Å². The zero-order valence-corrected chi connectivity index (χ0v) is 12.3. The maximum atomic E-state index is 5.73. The van der Waals surface area contributed by atoms with Gasteiger partial charge in [-0.05, 0) is 17.7 Å². The largest absolute Gasteiger partial charge is 0.379 e. The molecule has 1 rings (SSSR count). The van der Waals surface area contributed by atoms with Crippen LogP contribution in [0.4, 0.5) is 5.69 Å². The Hall–Kier alpha value is -0.810. The fourth-order valence-electron chi connectivity index (χ4n) is 1.69. The van der Waals surface area contributed by atoms with E-state index in [1.54, 1.807) is 0 Å². The van der Waals surface area contributed by atoms with E-state index in [1.165, 1.54) is 11.3 Å². The molecule has 0 aromatic heterocycles. The highest BCUT2D eigenvalue weighted by molar-refractivity contribution is 6.18. The van der Waals surface area contributed by atoms with Crippen LogP contribution >= 0.6 is 11.6 Å². The predicted molar refractivity (Wildman–Crippen MR) is 82.0 cm³/mol. The van der Waals surface area contributed by atoms with Crippen LogP contribution < -0.4 is 16.0 Å². The second-order valence-corrected chi connectivity index (χ2v) is 4.73. The van der Waals surface area contributed by atoms with Crippen molar-refractivity contribution in [2.24, 2.45) is 5.73 Å². The average Bonchev–Trinajstić information content (AvgIpc) is 2.43. The van der Waals surface area contributed by atoms with Gasteiger partial charge >= 0.3 is 0 Å². The van der Waals surface area contributed by atoms with E-state index in [0.29, 0.717) is 25.6 Å². The van der Waals surface area contributed by atoms with Crippen LogP contribution in [-0.2, 0) is 11.3 Å². The van der Waals surface area contributed by atoms with Crippen LogP contribution in [-0.4, -0.2) is 45.8 Å². The number of nitrogens with one attached hydrogen (secondary N) is 1. The van der Waals surface area contributed by atoms with Crippen LogP contribution in [0.15, 0.2) is 24.3 Å². The molecule has 0 spiro atoms. The molecule has 0 atom stereocenters. The van der Waals surface area contributed by atoms with Crippen molar-refractivity contribution in [2.75, 3.05) is 50.7 Å². The molecule has 0 unspecified atom stereocenters. The molecule has 1 aromatic carbocycles. The summed E-state index contributed by atoms with van der Waals surface area (Å²) < 4.78 is 5.29. The van der Waals surface area contributed by atoms with Gasteiger partial charge in [0.05, 0.1) is 13.2 Å². The number of rotatable bonds is 10. The molecule has 1 aromatic rings. The summed E-state index contributed by atoms with van der Waals surface area (Å²) >= 11 is 5.73. The third-order valence-corrected chi connectivity index (χ3v) is 2.98. The number of alkyl halides is 1. The summed E-state index contributed by atoms with van der Waals surface area (Å²) in [6.45, 7) is 4.46. The molecule has 0 amide bonds. The molecule has 0 heterocycles. The average molecular weight is 286 g/mol. The minimum atomic E-state index is 0.581. The first kappa shape index (κ1) is 16.2. The van der Waals surface area contributed by atoms with Gasteiger partial charge in [0, 0.05) is 44.8 Å². The van der Waals surface area contributed by atoms with Crippen LogP contribution in [0.2, 0.25) is 0 Å². The summed E-state index contributed by atoms with van der Waals surface area (Å²) in [6, 6.07) is 8.50. The molecule has 0 radical (unpaired) electrons. The molecule has 0 bridgehead atoms. The minimum absolute atomic E-state index is 0.581. The van der Waals surface area contributed by atoms with E-state index in [9.17, 15) is 0 Å². The Morgan fingerprint density at radius 1 is 1.26 bits per heavy atom. The van der Waals surface area contributed by atoms with E-state index in [-0.39, 0.29) is 0 Å². The molecule has 19 heavy (non-hydrogen) atoms. The van der Waals surface area contributed by atoms with Crippen molar-refractivity contribution >= 4 is 17.3 Å². The normalized spacial score (nSPS) is 10.7. The highest BCUT2D eigenvalue weighted by atomic mass is 35.5. The third-order valence-electron chi connectivity index (χ3n) is 2.81. The van der Waals surface area contributed by atoms with Crippen molar-refractivity contribution in [2.45, 2.75) is 6.54 Å². The Morgan fingerprint density at radius 2 is 2.00 bits per heavy atom. The summed E-state index contributed by atoms with van der Waals surface area (Å²) in [4.78, 5) is 2.14. The van der Waals surface area contributed by atoms with Gasteiger partial charge in [0.2, 0.25) is 0 Å². The summed E-state index contributed by atoms with van der Waals surface area (Å²) in [5.41, 5.74) is 7.79. The lowest BCUT2D eigenvalue weighted by atomic mass is 10.2. The van der Waals surface area contributed by atoms with Crippen LogP contribution in [0.1, 0.15) is 5.56 Å². The van der Waals surface area contributed by atoms with Crippen molar-refractivity contribution in [3.63, 3.8) is 0 Å². The van der Waals surface area contributed by atoms with Crippen molar-refractivity contribution in [3.8, 4) is 0 Å². The zero-order chi connectivity index (χ0) is 13.9. The number of benzene rings is 1. The summed E-state index contributed by atoms with van der Waals surface area (Å²) in [5.74, 6) is 0.641. The van der Waals surface area contributed by atoms with E-state index in [4.69, 9.17) is 22.1 Å². The Bertz CT molecular complexity index is 332. The lowest BCUT2D eigenvalue weighted by Crippen LogP contribution is -2.21. The number of nitrogens with two attached hydrogens (primary N) is 1. The SMILES string of the molecule is CN(CCCl)c1ccc(CNCCOCCN)cc1. The molecule has 0 saturated heterocycles. The Balaban J connectivity index is 2.24. The smallest absolute Gasteiger partial charge is 0.0591 e. The molecule has 4 nitrogen and oxygen atoms in total. The summed E-state index contributed by atoms with van der Waals surface area (Å²) in [7, 11) is 2.05. The van der Waals surface area contributed by atoms with E-state index in [1.807, 2.05) is 7.05 Å². The maximum Gasteiger partial charge on any atom is 0.0591 e. The van der Waals surface area contributed by atoms with Gasteiger partial charge in [-0.3, -0.25) is 0 Å². The van der Waals surface area contributed by atoms with Crippen molar-refractivity contribution in [1.82, 2.24) is 5.32 Å². The Morgan fingerprint density at radius 3 is 2.63 bits per heavy atom. The van der Waals surface area contributed by atoms with Gasteiger partial charge < -0.3 is 20.7 Å². The molecule has 0 fully saturated rings. The molecule has 5 heteroatoms. The molecule has 0 saturated carbocycles. The monoisotopic (exact) mass is 285 g/mol. The second-order valence-electron chi connectivity index (χ2n) is 4.35. The highest BCUT2D eigenvalue weighted by Gasteiger charge is 1.99. The molecule has 0 aliphatic carbocycles. The van der Waals surface area contributed by atoms with Crippen LogP contribution in [0.5, 0.6) is 0 Å². The van der Waals surface area contributed by atoms with Gasteiger partial charge in [-0.25, -0.2) is 0 Å². The molecular formula is C14H24ClN3O. The lowest BCUT2D eigenvalue weighted by Gasteiger charge is -2.18. The fourth-order valence-corrected chi connectivity index (χ4v) is 1.94. The lowest BCUT2D eigenvalue weighted by molar-refractivity contribution is 0.143. The van der Waals surface area contributed by atoms with Gasteiger partial charge in [0.1, 0.15) is 0 Å². The number of hydrogen-bond donors (Lipinski definition) is 2. The molecule has 0 aliphatic rings. The van der Waals surface area contributed by atoms with Gasteiger partial charge in [-0.1, -0.05) is 12.1 Å². The molecule has 108 valence electrons. The molecule has 0 aliphatic heterocycles. The highest BCUT2D eigenvalue weighted by Crippen LogP contribution is 2.13. The first-order chi connectivity index (χ1) is 9.27. The van der Waals surface area contributed by atoms with Gasteiger partial charge in [0.25, 0.3) is 0 Å². The number of halogens is 1. The number of hydrogen-bond acceptors (Lipinski definition) is 4. The van der Waals surface area contributed by atoms with Gasteiger partial charge in [-0.15, -0.1) is 11.6 Å². The van der Waals surface area contributed by atoms with E-state index >= 15 is 0 Å². The van der Waals surface area contributed by atoms with Crippen LogP contribution in [0.3, 0.4) is 0 Å². The Labute approximate surface area is 120 Å². The Kier molecular flexibility index (Phi) is 8.58. The quantitative estimate of drug-likeness (QED) is 0.504. The standard InChI is InChI=1S/C14H24ClN3O/c1-18(9-6-15)14-4-2-13(3-5-14)12-17-8-11-19-10-7-16/h2-5,17H,6-12,16H2,1H3. The first-order valence-electron chi connectivity index (χ1n) is 6.62. The van der Waals surface area contributed by atoms with Crippen molar-refractivity contribution in [1.29, 1.82) is 0 Å². The minimum Gasteiger partial charge on any atom is -0.379 e. The zero-order valence-electron chi connectivity index (χ0n) is 11.6. The van der Waals surface area contributed by atoms with Gasteiger partial charge in [0.15, 0.2) is 0 Å². The first-order valence-corrected chi connectivity index (χ1v) is 7.16. The third kappa shape index (κ3) is 6.78. The summed E-state index contributed by atoms with van der Waals surface area (Å²) in [5, 5.41) is 3.33. The van der Waals surface area contributed by atoms with Crippen LogP contribution in [0.25, 0.3) is 0 Å². The fraction of sp³-hybridized carbons (Fsp3) is 0.571. The van der Waals surface area contributed by atoms with Crippen molar-refractivity contribution in [3.05, 3.63) is 29.8 Å². The van der Waals surface area contributed by atoms with E-state index in [0.717, 1.165) is 19.6 Å². The van der Waals surface area contributed by atoms with E-state index in [2.05, 4.69) is 34.5 Å². The summed E-state index contributed by atoms with van der Waals surface area (Å²) in [6.07, 6.45) is 0. The topological polar surface area (TPSA) is 50.5 Å². The van der Waals surface area contributed by atoms with Gasteiger partial charge in [-0.2, -0.15) is 0 Å². The van der Waals surface area contributed by atoms with Crippen LogP contribution in [0, 0.1) is 0 Å². The number of anilines is 1. The molecular weight excluding hydrogens is 262 g/mol. The molecule has 3 N–H and O–H groups in total. The number of nitrogens with zero attached hydrogens (tertiary/aromatic N) is 1. The number of ether oxygens (including phenoxy) is 1. The second kappa shape index (κ2) is 10.0. The maximum absolute atomic E-state index is 5.73.